The fraction of sp³-hybridized carbons (Fsp3) is 0.457. The molecule has 3 aromatic rings. The third kappa shape index (κ3) is 2.06. The van der Waals surface area contributed by atoms with Gasteiger partial charge < -0.3 is 0 Å². The standard InChI is InChI=1S/C35H34O/c36-33(21-9-3-1-4-10-21)35-28-14-8-7-13-27(28)34(26-11-5-2-6-12-26,29-22-15-17-24(19-22)31(29)35)30-23-16-18-25(20-23)32(30)35/h1-14,22-25,29-32H,15-20H2. The largest absolute Gasteiger partial charge is 0.293 e. The van der Waals surface area contributed by atoms with Crippen LogP contribution >= 0.6 is 0 Å². The van der Waals surface area contributed by atoms with Crippen molar-refractivity contribution >= 4 is 5.78 Å². The lowest BCUT2D eigenvalue weighted by atomic mass is 9.31. The first-order valence-corrected chi connectivity index (χ1v) is 14.5. The van der Waals surface area contributed by atoms with Crippen molar-refractivity contribution in [2.24, 2.45) is 47.3 Å². The number of fused-ring (bicyclic) bond motifs is 4. The van der Waals surface area contributed by atoms with Gasteiger partial charge in [-0.3, -0.25) is 4.79 Å². The van der Waals surface area contributed by atoms with Crippen LogP contribution in [0.2, 0.25) is 0 Å². The minimum atomic E-state index is -0.344. The molecule has 8 atom stereocenters. The van der Waals surface area contributed by atoms with Crippen LogP contribution in [0.1, 0.15) is 65.6 Å². The third-order valence-corrected chi connectivity index (χ3v) is 12.4. The Hall–Kier alpha value is -2.67. The van der Waals surface area contributed by atoms with E-state index in [0.717, 1.165) is 17.4 Å². The molecular weight excluding hydrogens is 436 g/mol. The zero-order chi connectivity index (χ0) is 23.6. The van der Waals surface area contributed by atoms with E-state index in [2.05, 4.69) is 84.9 Å². The van der Waals surface area contributed by atoms with Crippen molar-refractivity contribution in [3.8, 4) is 0 Å². The molecule has 3 aromatic carbocycles. The predicted octanol–water partition coefficient (Wildman–Crippen LogP) is 7.45. The van der Waals surface area contributed by atoms with Gasteiger partial charge >= 0.3 is 0 Å². The molecule has 1 heteroatoms. The van der Waals surface area contributed by atoms with E-state index in [4.69, 9.17) is 0 Å². The number of carbonyl (C=O) groups is 1. The molecule has 1 nitrogen and oxygen atoms in total. The molecule has 0 radical (unpaired) electrons. The molecule has 7 aliphatic carbocycles. The van der Waals surface area contributed by atoms with Gasteiger partial charge in [-0.1, -0.05) is 84.9 Å². The summed E-state index contributed by atoms with van der Waals surface area (Å²) in [5.74, 6) is 5.55. The Kier molecular flexibility index (Phi) is 3.85. The summed E-state index contributed by atoms with van der Waals surface area (Å²) in [4.78, 5) is 15.2. The van der Waals surface area contributed by atoms with Crippen LogP contribution in [0, 0.1) is 47.3 Å². The summed E-state index contributed by atoms with van der Waals surface area (Å²) in [6.07, 6.45) is 8.07. The zero-order valence-electron chi connectivity index (χ0n) is 20.9. The summed E-state index contributed by atoms with van der Waals surface area (Å²) in [6.45, 7) is 0. The molecule has 0 heterocycles. The summed E-state index contributed by atoms with van der Waals surface area (Å²) in [5, 5.41) is 0. The van der Waals surface area contributed by atoms with E-state index in [9.17, 15) is 0 Å². The van der Waals surface area contributed by atoms with Gasteiger partial charge in [-0.05, 0) is 103 Å². The first-order chi connectivity index (χ1) is 17.8. The smallest absolute Gasteiger partial charge is 0.173 e. The van der Waals surface area contributed by atoms with Crippen molar-refractivity contribution in [3.63, 3.8) is 0 Å². The van der Waals surface area contributed by atoms with Crippen molar-refractivity contribution in [2.45, 2.75) is 49.4 Å². The molecular formula is C35H34O. The van der Waals surface area contributed by atoms with E-state index < -0.39 is 0 Å². The lowest BCUT2D eigenvalue weighted by molar-refractivity contribution is -0.0992. The molecule has 0 aromatic heterocycles. The number of ketones is 1. The van der Waals surface area contributed by atoms with Crippen molar-refractivity contribution in [1.82, 2.24) is 0 Å². The molecule has 10 rings (SSSR count). The number of benzene rings is 3. The molecule has 36 heavy (non-hydrogen) atoms. The number of carbonyl (C=O) groups excluding carboxylic acids is 1. The summed E-state index contributed by atoms with van der Waals surface area (Å²) in [5.41, 5.74) is 5.19. The number of Topliss-reactive ketones (excluding diaryl/α,β-unsaturated/α-hetero) is 1. The Labute approximate surface area is 214 Å². The van der Waals surface area contributed by atoms with Crippen LogP contribution in [0.5, 0.6) is 0 Å². The van der Waals surface area contributed by atoms with Gasteiger partial charge in [0.2, 0.25) is 0 Å². The van der Waals surface area contributed by atoms with Crippen LogP contribution in [0.15, 0.2) is 84.9 Å². The summed E-state index contributed by atoms with van der Waals surface area (Å²) >= 11 is 0. The molecule has 0 spiro atoms. The quantitative estimate of drug-likeness (QED) is 0.363. The van der Waals surface area contributed by atoms with Crippen LogP contribution in [0.25, 0.3) is 0 Å². The SMILES string of the molecule is O=C(c1ccccc1)C12c3ccccc3C(c3ccccc3)(C3C4CCC(C4)C31)C1C3CCC(C3)C12. The Balaban J connectivity index is 1.44. The van der Waals surface area contributed by atoms with E-state index in [1.54, 1.807) is 5.56 Å². The van der Waals surface area contributed by atoms with Gasteiger partial charge in [0.25, 0.3) is 0 Å². The van der Waals surface area contributed by atoms with Crippen LogP contribution in [0.3, 0.4) is 0 Å². The molecule has 6 bridgehead atoms. The molecule has 0 saturated heterocycles. The molecule has 0 amide bonds. The van der Waals surface area contributed by atoms with Gasteiger partial charge in [0.1, 0.15) is 0 Å². The summed E-state index contributed by atoms with van der Waals surface area (Å²) in [6, 6.07) is 31.5. The Bertz CT molecular complexity index is 1340. The second-order valence-corrected chi connectivity index (χ2v) is 13.1. The highest BCUT2D eigenvalue weighted by atomic mass is 16.1. The number of hydrogen-bond donors (Lipinski definition) is 0. The fourth-order valence-corrected chi connectivity index (χ4v) is 12.1. The lowest BCUT2D eigenvalue weighted by Crippen LogP contribution is -2.72. The second-order valence-electron chi connectivity index (χ2n) is 13.1. The molecule has 7 aliphatic rings. The van der Waals surface area contributed by atoms with Crippen LogP contribution in [0.4, 0.5) is 0 Å². The van der Waals surface area contributed by atoms with Crippen LogP contribution < -0.4 is 0 Å². The second kappa shape index (κ2) is 6.80. The number of hydrogen-bond acceptors (Lipinski definition) is 1. The first-order valence-electron chi connectivity index (χ1n) is 14.5. The van der Waals surface area contributed by atoms with E-state index in [1.807, 2.05) is 0 Å². The van der Waals surface area contributed by atoms with Crippen molar-refractivity contribution in [2.75, 3.05) is 0 Å². The monoisotopic (exact) mass is 470 g/mol. The van der Waals surface area contributed by atoms with E-state index >= 15 is 4.79 Å². The highest BCUT2D eigenvalue weighted by molar-refractivity contribution is 6.06. The van der Waals surface area contributed by atoms with E-state index in [0.29, 0.717) is 41.3 Å². The maximum Gasteiger partial charge on any atom is 0.173 e. The third-order valence-electron chi connectivity index (χ3n) is 12.4. The van der Waals surface area contributed by atoms with Gasteiger partial charge in [-0.2, -0.15) is 0 Å². The van der Waals surface area contributed by atoms with Crippen LogP contribution in [-0.4, -0.2) is 5.78 Å². The molecule has 5 fully saturated rings. The Morgan fingerprint density at radius 2 is 1.03 bits per heavy atom. The van der Waals surface area contributed by atoms with Gasteiger partial charge in [0.15, 0.2) is 5.78 Å². The average Bonchev–Trinajstić information content (AvgIpc) is 3.76. The molecule has 8 unspecified atom stereocenters. The molecule has 5 saturated carbocycles. The van der Waals surface area contributed by atoms with Gasteiger partial charge in [0, 0.05) is 11.0 Å². The maximum absolute atomic E-state index is 15.2. The fourth-order valence-electron chi connectivity index (χ4n) is 12.1. The molecule has 0 aliphatic heterocycles. The highest BCUT2D eigenvalue weighted by Crippen LogP contribution is 2.82. The normalized spacial score (nSPS) is 44.3. The van der Waals surface area contributed by atoms with Crippen molar-refractivity contribution < 1.29 is 4.79 Å². The van der Waals surface area contributed by atoms with E-state index in [1.165, 1.54) is 49.7 Å². The summed E-state index contributed by atoms with van der Waals surface area (Å²) in [7, 11) is 0. The zero-order valence-corrected chi connectivity index (χ0v) is 20.9. The van der Waals surface area contributed by atoms with Crippen LogP contribution in [-0.2, 0) is 10.8 Å². The minimum Gasteiger partial charge on any atom is -0.293 e. The molecule has 0 N–H and O–H groups in total. The van der Waals surface area contributed by atoms with Crippen molar-refractivity contribution in [3.05, 3.63) is 107 Å². The molecule has 180 valence electrons. The maximum atomic E-state index is 15.2. The topological polar surface area (TPSA) is 17.1 Å². The van der Waals surface area contributed by atoms with Gasteiger partial charge in [0.05, 0.1) is 5.41 Å². The van der Waals surface area contributed by atoms with Gasteiger partial charge in [-0.15, -0.1) is 0 Å². The van der Waals surface area contributed by atoms with Crippen molar-refractivity contribution in [1.29, 1.82) is 0 Å². The number of rotatable bonds is 3. The highest BCUT2D eigenvalue weighted by Gasteiger charge is 2.81. The first kappa shape index (κ1) is 20.4. The lowest BCUT2D eigenvalue weighted by Gasteiger charge is -2.71. The minimum absolute atomic E-state index is 0.0750. The Morgan fingerprint density at radius 3 is 1.61 bits per heavy atom. The summed E-state index contributed by atoms with van der Waals surface area (Å²) < 4.78 is 0. The van der Waals surface area contributed by atoms with E-state index in [-0.39, 0.29) is 10.8 Å². The Morgan fingerprint density at radius 1 is 0.556 bits per heavy atom. The predicted molar refractivity (Wildman–Crippen MR) is 142 cm³/mol. The van der Waals surface area contributed by atoms with Gasteiger partial charge in [-0.25, -0.2) is 0 Å². The average molecular weight is 471 g/mol.